The smallest absolute Gasteiger partial charge is 0.219 e. The lowest BCUT2D eigenvalue weighted by Crippen LogP contribution is -2.01. The molecule has 1 aromatic heterocycles. The van der Waals surface area contributed by atoms with Gasteiger partial charge in [0.15, 0.2) is 0 Å². The summed E-state index contributed by atoms with van der Waals surface area (Å²) in [5.74, 6) is 0.00179. The summed E-state index contributed by atoms with van der Waals surface area (Å²) in [6.45, 7) is 1.54. The fraction of sp³-hybridized carbons (Fsp3) is 0.200. The maximum absolute atomic E-state index is 11.5. The highest BCUT2D eigenvalue weighted by atomic mass is 32.2. The van der Waals surface area contributed by atoms with Gasteiger partial charge in [-0.1, -0.05) is 13.0 Å². The second-order valence-corrected chi connectivity index (χ2v) is 5.37. The minimum absolute atomic E-state index is 0.0203. The van der Waals surface area contributed by atoms with Gasteiger partial charge in [0.2, 0.25) is 14.9 Å². The lowest BCUT2D eigenvalue weighted by molar-refractivity contribution is 0.476. The normalized spacial score (nSPS) is 12.1. The summed E-state index contributed by atoms with van der Waals surface area (Å²) in [5.41, 5.74) is 0.377. The van der Waals surface area contributed by atoms with E-state index in [1.54, 1.807) is 19.1 Å². The average molecular weight is 226 g/mol. The fourth-order valence-electron chi connectivity index (χ4n) is 1.32. The minimum Gasteiger partial charge on any atom is -0.507 e. The van der Waals surface area contributed by atoms with Gasteiger partial charge < -0.3 is 9.52 Å². The van der Waals surface area contributed by atoms with Crippen molar-refractivity contribution in [1.82, 2.24) is 0 Å². The van der Waals surface area contributed by atoms with Gasteiger partial charge in [-0.2, -0.15) is 0 Å². The second kappa shape index (κ2) is 3.27. The van der Waals surface area contributed by atoms with Crippen LogP contribution in [0, 0.1) is 0 Å². The van der Waals surface area contributed by atoms with E-state index < -0.39 is 9.84 Å². The van der Waals surface area contributed by atoms with Crippen molar-refractivity contribution in [2.24, 2.45) is 0 Å². The molecule has 2 aromatic rings. The first-order valence-electron chi connectivity index (χ1n) is 4.49. The minimum atomic E-state index is -3.35. The molecule has 0 radical (unpaired) electrons. The Morgan fingerprint density at radius 3 is 2.73 bits per heavy atom. The van der Waals surface area contributed by atoms with E-state index in [1.807, 2.05) is 0 Å². The van der Waals surface area contributed by atoms with Crippen LogP contribution in [0.4, 0.5) is 0 Å². The summed E-state index contributed by atoms with van der Waals surface area (Å²) >= 11 is 0. The van der Waals surface area contributed by atoms with Crippen LogP contribution in [-0.4, -0.2) is 19.3 Å². The number of rotatable bonds is 2. The molecule has 0 saturated heterocycles. The monoisotopic (exact) mass is 226 g/mol. The zero-order valence-electron chi connectivity index (χ0n) is 8.10. The van der Waals surface area contributed by atoms with Gasteiger partial charge in [-0.05, 0) is 12.1 Å². The Hall–Kier alpha value is -1.49. The number of furan rings is 1. The van der Waals surface area contributed by atoms with Crippen molar-refractivity contribution in [3.8, 4) is 5.75 Å². The van der Waals surface area contributed by atoms with E-state index in [-0.39, 0.29) is 16.6 Å². The molecule has 0 fully saturated rings. The molecule has 0 aliphatic heterocycles. The predicted octanol–water partition coefficient (Wildman–Crippen LogP) is 1.93. The number of phenolic OH excluding ortho intramolecular Hbond substituents is 1. The zero-order chi connectivity index (χ0) is 11.1. The molecule has 15 heavy (non-hydrogen) atoms. The van der Waals surface area contributed by atoms with Gasteiger partial charge in [-0.15, -0.1) is 0 Å². The van der Waals surface area contributed by atoms with Gasteiger partial charge in [0, 0.05) is 6.07 Å². The standard InChI is InChI=1S/C10H10O4S/c1-2-15(12,13)10-6-7-8(11)4-3-5-9(7)14-10/h3-6,11H,2H2,1H3. The first-order chi connectivity index (χ1) is 7.04. The Bertz CT molecular complexity index is 595. The molecule has 1 aromatic carbocycles. The van der Waals surface area contributed by atoms with Gasteiger partial charge in [-0.25, -0.2) is 8.42 Å². The van der Waals surface area contributed by atoms with E-state index in [2.05, 4.69) is 0 Å². The van der Waals surface area contributed by atoms with E-state index >= 15 is 0 Å². The van der Waals surface area contributed by atoms with E-state index in [1.165, 1.54) is 12.1 Å². The number of fused-ring (bicyclic) bond motifs is 1. The Balaban J connectivity index is 2.73. The average Bonchev–Trinajstić information content (AvgIpc) is 2.64. The van der Waals surface area contributed by atoms with Crippen molar-refractivity contribution >= 4 is 20.8 Å². The van der Waals surface area contributed by atoms with Crippen molar-refractivity contribution in [1.29, 1.82) is 0 Å². The highest BCUT2D eigenvalue weighted by molar-refractivity contribution is 7.91. The van der Waals surface area contributed by atoms with E-state index in [4.69, 9.17) is 4.42 Å². The first kappa shape index (κ1) is 10.0. The third kappa shape index (κ3) is 1.59. The van der Waals surface area contributed by atoms with Crippen LogP contribution in [0.1, 0.15) is 6.92 Å². The summed E-state index contributed by atoms with van der Waals surface area (Å²) in [7, 11) is -3.35. The summed E-state index contributed by atoms with van der Waals surface area (Å²) in [5, 5.41) is 9.79. The number of phenols is 1. The van der Waals surface area contributed by atoms with Crippen LogP contribution in [0.25, 0.3) is 11.0 Å². The molecule has 2 rings (SSSR count). The molecule has 4 nitrogen and oxygen atoms in total. The fourth-order valence-corrected chi connectivity index (χ4v) is 2.12. The SMILES string of the molecule is CCS(=O)(=O)c1cc2c(O)cccc2o1. The van der Waals surface area contributed by atoms with Crippen LogP contribution in [0.2, 0.25) is 0 Å². The van der Waals surface area contributed by atoms with E-state index in [9.17, 15) is 13.5 Å². The molecule has 0 bridgehead atoms. The van der Waals surface area contributed by atoms with Gasteiger partial charge in [0.1, 0.15) is 11.3 Å². The van der Waals surface area contributed by atoms with Crippen molar-refractivity contribution in [2.75, 3.05) is 5.75 Å². The van der Waals surface area contributed by atoms with Crippen molar-refractivity contribution in [2.45, 2.75) is 12.0 Å². The van der Waals surface area contributed by atoms with Crippen LogP contribution in [0.15, 0.2) is 33.8 Å². The second-order valence-electron chi connectivity index (χ2n) is 3.16. The lowest BCUT2D eigenvalue weighted by atomic mass is 10.2. The summed E-state index contributed by atoms with van der Waals surface area (Å²) < 4.78 is 28.2. The number of hydrogen-bond donors (Lipinski definition) is 1. The zero-order valence-corrected chi connectivity index (χ0v) is 8.91. The van der Waals surface area contributed by atoms with Crippen LogP contribution in [0.3, 0.4) is 0 Å². The third-order valence-corrected chi connectivity index (χ3v) is 3.78. The molecule has 80 valence electrons. The number of hydrogen-bond acceptors (Lipinski definition) is 4. The van der Waals surface area contributed by atoms with Crippen LogP contribution in [0.5, 0.6) is 5.75 Å². The Labute approximate surface area is 87.1 Å². The van der Waals surface area contributed by atoms with Gasteiger partial charge in [0.05, 0.1) is 11.1 Å². The Morgan fingerprint density at radius 2 is 2.13 bits per heavy atom. The highest BCUT2D eigenvalue weighted by Gasteiger charge is 2.18. The molecule has 0 atom stereocenters. The molecular weight excluding hydrogens is 216 g/mol. The topological polar surface area (TPSA) is 67.5 Å². The molecule has 0 aliphatic rings. The highest BCUT2D eigenvalue weighted by Crippen LogP contribution is 2.29. The Kier molecular flexibility index (Phi) is 2.19. The molecular formula is C10H10O4S. The Morgan fingerprint density at radius 1 is 1.40 bits per heavy atom. The quantitative estimate of drug-likeness (QED) is 0.849. The number of benzene rings is 1. The molecule has 5 heteroatoms. The van der Waals surface area contributed by atoms with Crippen molar-refractivity contribution in [3.63, 3.8) is 0 Å². The summed E-state index contributed by atoms with van der Waals surface area (Å²) in [6, 6.07) is 6.05. The maximum Gasteiger partial charge on any atom is 0.219 e. The molecule has 1 N–H and O–H groups in total. The molecule has 0 saturated carbocycles. The van der Waals surface area contributed by atoms with Crippen LogP contribution in [-0.2, 0) is 9.84 Å². The predicted molar refractivity (Wildman–Crippen MR) is 55.6 cm³/mol. The first-order valence-corrected chi connectivity index (χ1v) is 6.14. The lowest BCUT2D eigenvalue weighted by Gasteiger charge is -1.92. The molecule has 1 heterocycles. The molecule has 0 spiro atoms. The van der Waals surface area contributed by atoms with E-state index in [0.717, 1.165) is 0 Å². The van der Waals surface area contributed by atoms with E-state index in [0.29, 0.717) is 11.0 Å². The number of aromatic hydroxyl groups is 1. The van der Waals surface area contributed by atoms with Gasteiger partial charge >= 0.3 is 0 Å². The van der Waals surface area contributed by atoms with Gasteiger partial charge in [0.25, 0.3) is 0 Å². The summed E-state index contributed by atoms with van der Waals surface area (Å²) in [4.78, 5) is 0. The van der Waals surface area contributed by atoms with Crippen LogP contribution >= 0.6 is 0 Å². The molecule has 0 amide bonds. The third-order valence-electron chi connectivity index (χ3n) is 2.20. The largest absolute Gasteiger partial charge is 0.507 e. The summed E-state index contributed by atoms with van der Waals surface area (Å²) in [6.07, 6.45) is 0. The molecule has 0 aliphatic carbocycles. The van der Waals surface area contributed by atoms with Gasteiger partial charge in [-0.3, -0.25) is 0 Å². The maximum atomic E-state index is 11.5. The number of sulfone groups is 1. The molecule has 0 unspecified atom stereocenters. The van der Waals surface area contributed by atoms with Crippen LogP contribution < -0.4 is 0 Å². The van der Waals surface area contributed by atoms with Crippen molar-refractivity contribution < 1.29 is 17.9 Å². The van der Waals surface area contributed by atoms with Crippen molar-refractivity contribution in [3.05, 3.63) is 24.3 Å².